The highest BCUT2D eigenvalue weighted by atomic mass is 16.5. The van der Waals surface area contributed by atoms with Crippen LogP contribution in [0.3, 0.4) is 0 Å². The molecule has 5 rings (SSSR count). The second-order valence-electron chi connectivity index (χ2n) is 10.1. The number of nitrogens with one attached hydrogen (secondary N) is 3. The quantitative estimate of drug-likeness (QED) is 0.346. The number of pyridine rings is 1. The molecule has 10 heteroatoms. The Morgan fingerprint density at radius 1 is 1.19 bits per heavy atom. The van der Waals surface area contributed by atoms with Crippen LogP contribution in [0.4, 0.5) is 5.69 Å². The fourth-order valence-electron chi connectivity index (χ4n) is 5.24. The molecule has 2 amide bonds. The fraction of sp³-hybridized carbons (Fsp3) is 0.519. The molecule has 0 bridgehead atoms. The number of H-pyrrole nitrogens is 1. The van der Waals surface area contributed by atoms with Gasteiger partial charge in [-0.2, -0.15) is 10.2 Å². The molecule has 0 radical (unpaired) electrons. The van der Waals surface area contributed by atoms with Crippen molar-refractivity contribution in [2.24, 2.45) is 17.8 Å². The number of carbonyl (C=O) groups excluding carboxylic acids is 2. The number of rotatable bonds is 12. The average molecular weight is 506 g/mol. The number of carbonyl (C=O) groups is 2. The van der Waals surface area contributed by atoms with Gasteiger partial charge in [0.05, 0.1) is 36.4 Å². The lowest BCUT2D eigenvalue weighted by molar-refractivity contribution is -0.119. The zero-order valence-electron chi connectivity index (χ0n) is 21.7. The van der Waals surface area contributed by atoms with E-state index in [2.05, 4.69) is 37.8 Å². The van der Waals surface area contributed by atoms with Gasteiger partial charge in [-0.3, -0.25) is 24.4 Å². The Morgan fingerprint density at radius 3 is 2.57 bits per heavy atom. The summed E-state index contributed by atoms with van der Waals surface area (Å²) < 4.78 is 6.75. The zero-order valence-corrected chi connectivity index (χ0v) is 21.7. The van der Waals surface area contributed by atoms with Gasteiger partial charge in [-0.1, -0.05) is 6.92 Å². The van der Waals surface area contributed by atoms with E-state index in [1.807, 2.05) is 19.1 Å². The van der Waals surface area contributed by atoms with E-state index in [0.29, 0.717) is 36.4 Å². The second-order valence-corrected chi connectivity index (χ2v) is 10.1. The van der Waals surface area contributed by atoms with E-state index in [-0.39, 0.29) is 17.7 Å². The maximum Gasteiger partial charge on any atom is 0.270 e. The molecule has 1 unspecified atom stereocenters. The van der Waals surface area contributed by atoms with E-state index in [1.165, 1.54) is 0 Å². The van der Waals surface area contributed by atoms with E-state index >= 15 is 0 Å². The Labute approximate surface area is 216 Å². The molecule has 3 heterocycles. The van der Waals surface area contributed by atoms with Crippen molar-refractivity contribution in [3.05, 3.63) is 47.7 Å². The first-order valence-corrected chi connectivity index (χ1v) is 13.1. The van der Waals surface area contributed by atoms with Crippen LogP contribution >= 0.6 is 0 Å². The van der Waals surface area contributed by atoms with E-state index < -0.39 is 6.04 Å². The van der Waals surface area contributed by atoms with E-state index in [4.69, 9.17) is 4.74 Å². The summed E-state index contributed by atoms with van der Waals surface area (Å²) in [6.07, 6.45) is 8.48. The first-order valence-electron chi connectivity index (χ1n) is 13.1. The van der Waals surface area contributed by atoms with Crippen LogP contribution in [0.15, 0.2) is 30.6 Å². The van der Waals surface area contributed by atoms with Crippen molar-refractivity contribution in [3.8, 4) is 11.3 Å². The fourth-order valence-corrected chi connectivity index (χ4v) is 5.24. The molecular weight excluding hydrogens is 470 g/mol. The minimum absolute atomic E-state index is 0.132. The van der Waals surface area contributed by atoms with Gasteiger partial charge in [0.15, 0.2) is 0 Å². The zero-order chi connectivity index (χ0) is 25.9. The SMILES string of the molecule is CCc1n[nH]c(C)c1-c1ccc(NC(=O)C(NC(=O)c2ccnn2CCOC)C(C2CC2)C2CC2)cn1. The molecule has 2 fully saturated rings. The van der Waals surface area contributed by atoms with Crippen molar-refractivity contribution < 1.29 is 14.3 Å². The van der Waals surface area contributed by atoms with Crippen LogP contribution in [0, 0.1) is 24.7 Å². The van der Waals surface area contributed by atoms with Gasteiger partial charge in [0.2, 0.25) is 5.91 Å². The number of aromatic nitrogens is 5. The van der Waals surface area contributed by atoms with Crippen molar-refractivity contribution in [3.63, 3.8) is 0 Å². The van der Waals surface area contributed by atoms with E-state index in [1.54, 1.807) is 30.3 Å². The van der Waals surface area contributed by atoms with Crippen LogP contribution < -0.4 is 10.6 Å². The number of hydrogen-bond donors (Lipinski definition) is 3. The van der Waals surface area contributed by atoms with Crippen molar-refractivity contribution in [1.29, 1.82) is 0 Å². The maximum atomic E-state index is 13.6. The van der Waals surface area contributed by atoms with Crippen molar-refractivity contribution in [2.45, 2.75) is 58.5 Å². The van der Waals surface area contributed by atoms with Gasteiger partial charge in [-0.25, -0.2) is 0 Å². The number of nitrogens with zero attached hydrogens (tertiary/aromatic N) is 4. The lowest BCUT2D eigenvalue weighted by Gasteiger charge is -2.27. The van der Waals surface area contributed by atoms with Crippen LogP contribution in [0.5, 0.6) is 0 Å². The van der Waals surface area contributed by atoms with Gasteiger partial charge >= 0.3 is 0 Å². The lowest BCUT2D eigenvalue weighted by atomic mass is 9.88. The Bertz CT molecular complexity index is 1230. The number of ether oxygens (including phenoxy) is 1. The number of aryl methyl sites for hydroxylation is 2. The molecule has 0 aliphatic heterocycles. The lowest BCUT2D eigenvalue weighted by Crippen LogP contribution is -2.50. The molecule has 2 aliphatic rings. The Kier molecular flexibility index (Phi) is 7.36. The highest BCUT2D eigenvalue weighted by Crippen LogP contribution is 2.51. The third-order valence-corrected chi connectivity index (χ3v) is 7.39. The van der Waals surface area contributed by atoms with Gasteiger partial charge in [0.1, 0.15) is 11.7 Å². The summed E-state index contributed by atoms with van der Waals surface area (Å²) in [6.45, 7) is 4.94. The largest absolute Gasteiger partial charge is 0.383 e. The molecule has 196 valence electrons. The van der Waals surface area contributed by atoms with Crippen molar-refractivity contribution >= 4 is 17.5 Å². The van der Waals surface area contributed by atoms with Crippen molar-refractivity contribution in [2.75, 3.05) is 19.0 Å². The molecule has 3 N–H and O–H groups in total. The van der Waals surface area contributed by atoms with E-state index in [9.17, 15) is 9.59 Å². The predicted octanol–water partition coefficient (Wildman–Crippen LogP) is 3.36. The van der Waals surface area contributed by atoms with Crippen LogP contribution in [0.25, 0.3) is 11.3 Å². The van der Waals surface area contributed by atoms with Gasteiger partial charge in [-0.05, 0) is 75.0 Å². The van der Waals surface area contributed by atoms with Gasteiger partial charge in [-0.15, -0.1) is 0 Å². The number of hydrogen-bond acceptors (Lipinski definition) is 6. The van der Waals surface area contributed by atoms with Gasteiger partial charge in [0.25, 0.3) is 5.91 Å². The molecule has 2 aliphatic carbocycles. The molecule has 3 aromatic rings. The number of aromatic amines is 1. The molecule has 0 spiro atoms. The monoisotopic (exact) mass is 505 g/mol. The summed E-state index contributed by atoms with van der Waals surface area (Å²) in [4.78, 5) is 31.5. The smallest absolute Gasteiger partial charge is 0.270 e. The highest BCUT2D eigenvalue weighted by Gasteiger charge is 2.48. The molecule has 2 saturated carbocycles. The summed E-state index contributed by atoms with van der Waals surface area (Å²) >= 11 is 0. The number of methoxy groups -OCH3 is 1. The van der Waals surface area contributed by atoms with Crippen molar-refractivity contribution in [1.82, 2.24) is 30.3 Å². The second kappa shape index (κ2) is 10.8. The summed E-state index contributed by atoms with van der Waals surface area (Å²) in [5, 5.41) is 17.7. The number of amides is 2. The van der Waals surface area contributed by atoms with Crippen LogP contribution in [0.2, 0.25) is 0 Å². The van der Waals surface area contributed by atoms with Crippen LogP contribution in [-0.4, -0.2) is 56.5 Å². The number of anilines is 1. The summed E-state index contributed by atoms with van der Waals surface area (Å²) in [5.41, 5.74) is 4.76. The molecule has 0 aromatic carbocycles. The highest BCUT2D eigenvalue weighted by molar-refractivity contribution is 6.00. The molecular formula is C27H35N7O3. The Morgan fingerprint density at radius 2 is 1.95 bits per heavy atom. The Balaban J connectivity index is 1.34. The normalized spacial score (nSPS) is 16.1. The van der Waals surface area contributed by atoms with Gasteiger partial charge in [0, 0.05) is 24.6 Å². The first kappa shape index (κ1) is 25.1. The topological polar surface area (TPSA) is 127 Å². The predicted molar refractivity (Wildman–Crippen MR) is 139 cm³/mol. The minimum Gasteiger partial charge on any atom is -0.383 e. The third-order valence-electron chi connectivity index (χ3n) is 7.39. The molecule has 3 aromatic heterocycles. The van der Waals surface area contributed by atoms with Crippen LogP contribution in [-0.2, 0) is 22.5 Å². The van der Waals surface area contributed by atoms with Crippen LogP contribution in [0.1, 0.15) is 54.5 Å². The molecule has 0 saturated heterocycles. The summed E-state index contributed by atoms with van der Waals surface area (Å²) in [7, 11) is 1.61. The summed E-state index contributed by atoms with van der Waals surface area (Å²) in [5.74, 6) is 0.574. The molecule has 10 nitrogen and oxygen atoms in total. The minimum atomic E-state index is -0.624. The Hall–Kier alpha value is -3.53. The average Bonchev–Trinajstić information content (AvgIpc) is 3.83. The van der Waals surface area contributed by atoms with E-state index in [0.717, 1.165) is 54.7 Å². The van der Waals surface area contributed by atoms with Gasteiger partial charge < -0.3 is 15.4 Å². The first-order chi connectivity index (χ1) is 18.0. The molecule has 1 atom stereocenters. The molecule has 37 heavy (non-hydrogen) atoms. The third kappa shape index (κ3) is 5.58. The maximum absolute atomic E-state index is 13.6. The summed E-state index contributed by atoms with van der Waals surface area (Å²) in [6, 6.07) is 4.80. The standard InChI is InChI=1S/C27H35N7O3/c1-4-20-23(16(2)32-33-20)21-10-9-19(15-28-21)30-27(36)25(24(17-5-6-17)18-7-8-18)31-26(35)22-11-12-29-34(22)13-14-37-3/h9-12,15,17-18,24-25H,4-8,13-14H2,1-3H3,(H,30,36)(H,31,35)(H,32,33).